The van der Waals surface area contributed by atoms with Crippen LogP contribution in [0.4, 0.5) is 5.00 Å². The number of esters is 2. The van der Waals surface area contributed by atoms with Gasteiger partial charge in [-0.2, -0.15) is 4.72 Å². The molecule has 0 aliphatic rings. The standard InChI is InChI=1S/C21H26N2O7S2/c1-12(2)18(23-32(27,28)15-9-7-6-8-10-15)21(26)30-11-16(24)22-19-17(20(25)29-5)13(3)14(4)31-19/h6-10,12,18,23H,11H2,1-5H3,(H,22,24)/t18-/m0/s1. The predicted octanol–water partition coefficient (Wildman–Crippen LogP) is 2.64. The number of benzene rings is 1. The van der Waals surface area contributed by atoms with Crippen molar-refractivity contribution in [3.05, 3.63) is 46.3 Å². The summed E-state index contributed by atoms with van der Waals surface area (Å²) in [5.74, 6) is -2.58. The Morgan fingerprint density at radius 2 is 1.72 bits per heavy atom. The van der Waals surface area contributed by atoms with E-state index in [4.69, 9.17) is 9.47 Å². The highest BCUT2D eigenvalue weighted by molar-refractivity contribution is 7.89. The van der Waals surface area contributed by atoms with Gasteiger partial charge in [-0.25, -0.2) is 13.2 Å². The number of hydrogen-bond acceptors (Lipinski definition) is 8. The molecule has 1 aromatic carbocycles. The molecule has 0 saturated carbocycles. The van der Waals surface area contributed by atoms with Gasteiger partial charge in [0, 0.05) is 4.88 Å². The zero-order valence-corrected chi connectivity index (χ0v) is 20.1. The van der Waals surface area contributed by atoms with Crippen molar-refractivity contribution in [1.82, 2.24) is 4.72 Å². The fourth-order valence-corrected chi connectivity index (χ4v) is 5.16. The summed E-state index contributed by atoms with van der Waals surface area (Å²) in [5.41, 5.74) is 0.926. The second-order valence-corrected chi connectivity index (χ2v) is 10.2. The highest BCUT2D eigenvalue weighted by Crippen LogP contribution is 2.32. The number of anilines is 1. The second kappa shape index (κ2) is 10.7. The van der Waals surface area contributed by atoms with Gasteiger partial charge in [-0.1, -0.05) is 32.0 Å². The van der Waals surface area contributed by atoms with Crippen molar-refractivity contribution >= 4 is 44.2 Å². The van der Waals surface area contributed by atoms with Gasteiger partial charge in [0.1, 0.15) is 11.0 Å². The van der Waals surface area contributed by atoms with Crippen LogP contribution in [-0.4, -0.2) is 46.0 Å². The predicted molar refractivity (Wildman–Crippen MR) is 120 cm³/mol. The highest BCUT2D eigenvalue weighted by atomic mass is 32.2. The number of hydrogen-bond donors (Lipinski definition) is 2. The summed E-state index contributed by atoms with van der Waals surface area (Å²) in [5, 5.41) is 2.84. The molecule has 2 rings (SSSR count). The molecule has 0 aliphatic carbocycles. The Bertz CT molecular complexity index is 1090. The largest absolute Gasteiger partial charge is 0.465 e. The molecule has 0 radical (unpaired) electrons. The lowest BCUT2D eigenvalue weighted by atomic mass is 10.1. The summed E-state index contributed by atoms with van der Waals surface area (Å²) in [7, 11) is -2.72. The molecule has 0 bridgehead atoms. The third-order valence-electron chi connectivity index (χ3n) is 4.63. The van der Waals surface area contributed by atoms with E-state index in [1.807, 2.05) is 0 Å². The van der Waals surface area contributed by atoms with Crippen LogP contribution in [0.5, 0.6) is 0 Å². The summed E-state index contributed by atoms with van der Waals surface area (Å²) in [6.45, 7) is 6.19. The van der Waals surface area contributed by atoms with E-state index in [0.29, 0.717) is 5.56 Å². The van der Waals surface area contributed by atoms with E-state index in [1.54, 1.807) is 45.9 Å². The molecule has 1 amide bonds. The molecule has 1 aromatic heterocycles. The number of amides is 1. The Morgan fingerprint density at radius 3 is 2.28 bits per heavy atom. The van der Waals surface area contributed by atoms with E-state index in [1.165, 1.54) is 30.6 Å². The van der Waals surface area contributed by atoms with Crippen molar-refractivity contribution in [2.24, 2.45) is 5.92 Å². The maximum atomic E-state index is 12.6. The molecule has 32 heavy (non-hydrogen) atoms. The first-order valence-corrected chi connectivity index (χ1v) is 12.0. The number of aryl methyl sites for hydroxylation is 1. The number of nitrogens with one attached hydrogen (secondary N) is 2. The van der Waals surface area contributed by atoms with E-state index < -0.39 is 46.4 Å². The molecular weight excluding hydrogens is 456 g/mol. The number of rotatable bonds is 9. The first kappa shape index (κ1) is 25.5. The molecule has 2 N–H and O–H groups in total. The molecule has 9 nitrogen and oxygen atoms in total. The minimum atomic E-state index is -3.96. The van der Waals surface area contributed by atoms with Gasteiger partial charge < -0.3 is 14.8 Å². The topological polar surface area (TPSA) is 128 Å². The maximum Gasteiger partial charge on any atom is 0.341 e. The van der Waals surface area contributed by atoms with Gasteiger partial charge >= 0.3 is 11.9 Å². The smallest absolute Gasteiger partial charge is 0.341 e. The van der Waals surface area contributed by atoms with Gasteiger partial charge in [-0.15, -0.1) is 11.3 Å². The number of sulfonamides is 1. The molecule has 1 atom stereocenters. The molecule has 2 aromatic rings. The van der Waals surface area contributed by atoms with E-state index in [2.05, 4.69) is 10.0 Å². The molecule has 0 saturated heterocycles. The van der Waals surface area contributed by atoms with E-state index in [0.717, 1.165) is 4.88 Å². The molecular formula is C21H26N2O7S2. The van der Waals surface area contributed by atoms with E-state index in [9.17, 15) is 22.8 Å². The van der Waals surface area contributed by atoms with Crippen LogP contribution in [-0.2, 0) is 29.1 Å². The zero-order chi connectivity index (χ0) is 24.1. The van der Waals surface area contributed by atoms with Crippen molar-refractivity contribution < 1.29 is 32.3 Å². The average molecular weight is 483 g/mol. The van der Waals surface area contributed by atoms with E-state index >= 15 is 0 Å². The highest BCUT2D eigenvalue weighted by Gasteiger charge is 2.30. The average Bonchev–Trinajstić information content (AvgIpc) is 3.03. The number of ether oxygens (including phenoxy) is 2. The summed E-state index contributed by atoms with van der Waals surface area (Å²) >= 11 is 1.20. The van der Waals surface area contributed by atoms with Crippen LogP contribution in [0.15, 0.2) is 35.2 Å². The SMILES string of the molecule is COC(=O)c1c(NC(=O)COC(=O)[C@@H](NS(=O)(=O)c2ccccc2)C(C)C)sc(C)c1C. The minimum absolute atomic E-state index is 0.00923. The van der Waals surface area contributed by atoms with Crippen molar-refractivity contribution in [3.63, 3.8) is 0 Å². The van der Waals surface area contributed by atoms with Crippen LogP contribution < -0.4 is 10.0 Å². The summed E-state index contributed by atoms with van der Waals surface area (Å²) < 4.78 is 37.3. The maximum absolute atomic E-state index is 12.6. The van der Waals surface area contributed by atoms with Crippen LogP contribution in [0.25, 0.3) is 0 Å². The van der Waals surface area contributed by atoms with Crippen LogP contribution in [0.1, 0.15) is 34.6 Å². The monoisotopic (exact) mass is 482 g/mol. The lowest BCUT2D eigenvalue weighted by Crippen LogP contribution is -2.45. The first-order chi connectivity index (χ1) is 15.0. The lowest BCUT2D eigenvalue weighted by Gasteiger charge is -2.20. The summed E-state index contributed by atoms with van der Waals surface area (Å²) in [4.78, 5) is 37.7. The van der Waals surface area contributed by atoms with Crippen molar-refractivity contribution in [2.45, 2.75) is 38.6 Å². The number of thiophene rings is 1. The molecule has 11 heteroatoms. The van der Waals surface area contributed by atoms with Gasteiger partial charge in [0.05, 0.1) is 17.6 Å². The number of methoxy groups -OCH3 is 1. The Hall–Kier alpha value is -2.76. The van der Waals surface area contributed by atoms with E-state index in [-0.39, 0.29) is 15.5 Å². The van der Waals surface area contributed by atoms with Crippen LogP contribution in [0.3, 0.4) is 0 Å². The van der Waals surface area contributed by atoms with Gasteiger partial charge in [0.15, 0.2) is 6.61 Å². The van der Waals surface area contributed by atoms with Gasteiger partial charge in [0.2, 0.25) is 10.0 Å². The first-order valence-electron chi connectivity index (χ1n) is 9.70. The number of carbonyl (C=O) groups excluding carboxylic acids is 3. The molecule has 0 unspecified atom stereocenters. The van der Waals surface area contributed by atoms with Crippen molar-refractivity contribution in [2.75, 3.05) is 19.0 Å². The van der Waals surface area contributed by atoms with Crippen molar-refractivity contribution in [3.8, 4) is 0 Å². The van der Waals surface area contributed by atoms with Gasteiger partial charge in [-0.3, -0.25) is 9.59 Å². The number of carbonyl (C=O) groups is 3. The van der Waals surface area contributed by atoms with Crippen LogP contribution in [0.2, 0.25) is 0 Å². The third kappa shape index (κ3) is 6.15. The fraction of sp³-hybridized carbons (Fsp3) is 0.381. The molecule has 0 fully saturated rings. The molecule has 1 heterocycles. The summed E-state index contributed by atoms with van der Waals surface area (Å²) in [6.07, 6.45) is 0. The van der Waals surface area contributed by atoms with Crippen molar-refractivity contribution in [1.29, 1.82) is 0 Å². The zero-order valence-electron chi connectivity index (χ0n) is 18.4. The summed E-state index contributed by atoms with van der Waals surface area (Å²) in [6, 6.07) is 6.43. The Labute approximate surface area is 191 Å². The van der Waals surface area contributed by atoms with Gasteiger partial charge in [0.25, 0.3) is 5.91 Å². The fourth-order valence-electron chi connectivity index (χ4n) is 2.74. The Kier molecular flexibility index (Phi) is 8.53. The van der Waals surface area contributed by atoms with Gasteiger partial charge in [-0.05, 0) is 37.5 Å². The van der Waals surface area contributed by atoms with Crippen LogP contribution >= 0.6 is 11.3 Å². The van der Waals surface area contributed by atoms with Crippen LogP contribution in [0, 0.1) is 19.8 Å². The normalized spacial score (nSPS) is 12.3. The Balaban J connectivity index is 2.06. The molecule has 0 aliphatic heterocycles. The minimum Gasteiger partial charge on any atom is -0.465 e. The lowest BCUT2D eigenvalue weighted by molar-refractivity contribution is -0.150. The Morgan fingerprint density at radius 1 is 1.09 bits per heavy atom. The third-order valence-corrected chi connectivity index (χ3v) is 7.21. The second-order valence-electron chi connectivity index (χ2n) is 7.29. The molecule has 174 valence electrons. The molecule has 0 spiro atoms. The quantitative estimate of drug-likeness (QED) is 0.526.